The van der Waals surface area contributed by atoms with Gasteiger partial charge in [0.25, 0.3) is 5.69 Å². The maximum absolute atomic E-state index is 11.0. The highest BCUT2D eigenvalue weighted by molar-refractivity contribution is 9.10. The van der Waals surface area contributed by atoms with Gasteiger partial charge in [-0.2, -0.15) is 0 Å². The Bertz CT molecular complexity index is 1660. The number of anilines is 1. The molecule has 0 amide bonds. The third-order valence-electron chi connectivity index (χ3n) is 6.68. The standard InChI is InChI=1S/C30H22BrN5O2S2/c31-20-6-8-21(9-7-20)34-19-3-5-27(34)29-28(26-4-1-2-18-32-26)33-30(39)35(29)22-10-14-24(15-11-22)40-25-16-12-23(13-17-25)36(37)38/h1-19,28-29H,(H,33,39)/t28-,29+/m0/s1. The molecule has 6 rings (SSSR count). The lowest BCUT2D eigenvalue weighted by atomic mass is 10.0. The summed E-state index contributed by atoms with van der Waals surface area (Å²) in [5.74, 6) is 0. The number of rotatable bonds is 7. The van der Waals surface area contributed by atoms with Gasteiger partial charge in [-0.25, -0.2) is 0 Å². The number of hydrogen-bond donors (Lipinski definition) is 1. The summed E-state index contributed by atoms with van der Waals surface area (Å²) in [7, 11) is 0. The molecule has 3 heterocycles. The van der Waals surface area contributed by atoms with E-state index in [0.717, 1.165) is 37.0 Å². The summed E-state index contributed by atoms with van der Waals surface area (Å²) in [6.07, 6.45) is 3.87. The first-order chi connectivity index (χ1) is 19.5. The lowest BCUT2D eigenvalue weighted by molar-refractivity contribution is -0.384. The molecular formula is C30H22BrN5O2S2. The Kier molecular flexibility index (Phi) is 7.38. The molecule has 0 aliphatic carbocycles. The van der Waals surface area contributed by atoms with Crippen molar-refractivity contribution in [2.24, 2.45) is 0 Å². The van der Waals surface area contributed by atoms with Crippen LogP contribution in [0.1, 0.15) is 23.5 Å². The smallest absolute Gasteiger partial charge is 0.269 e. The van der Waals surface area contributed by atoms with Gasteiger partial charge in [0.05, 0.1) is 16.7 Å². The SMILES string of the molecule is O=[N+]([O-])c1ccc(Sc2ccc(N3C(=S)N[C@@H](c4ccccn4)[C@H]3c3cccn3-c3ccc(Br)cc3)cc2)cc1. The molecule has 2 atom stereocenters. The zero-order valence-electron chi connectivity index (χ0n) is 20.9. The summed E-state index contributed by atoms with van der Waals surface area (Å²) in [5.41, 5.74) is 4.07. The molecule has 1 fully saturated rings. The van der Waals surface area contributed by atoms with Crippen LogP contribution in [0.5, 0.6) is 0 Å². The highest BCUT2D eigenvalue weighted by atomic mass is 79.9. The summed E-state index contributed by atoms with van der Waals surface area (Å²) < 4.78 is 3.21. The van der Waals surface area contributed by atoms with Crippen molar-refractivity contribution in [1.82, 2.24) is 14.9 Å². The summed E-state index contributed by atoms with van der Waals surface area (Å²) in [4.78, 5) is 19.3. The van der Waals surface area contributed by atoms with E-state index in [1.54, 1.807) is 30.1 Å². The Labute approximate surface area is 249 Å². The number of non-ortho nitro benzene ring substituents is 1. The first-order valence-corrected chi connectivity index (χ1v) is 14.5. The second kappa shape index (κ2) is 11.2. The van der Waals surface area contributed by atoms with E-state index in [-0.39, 0.29) is 17.8 Å². The Morgan fingerprint density at radius 1 is 0.875 bits per heavy atom. The minimum atomic E-state index is -0.391. The van der Waals surface area contributed by atoms with E-state index in [2.05, 4.69) is 78.3 Å². The van der Waals surface area contributed by atoms with Crippen LogP contribution in [-0.2, 0) is 0 Å². The predicted octanol–water partition coefficient (Wildman–Crippen LogP) is 7.87. The van der Waals surface area contributed by atoms with Crippen LogP contribution in [-0.4, -0.2) is 19.6 Å². The van der Waals surface area contributed by atoms with Crippen molar-refractivity contribution >= 4 is 56.4 Å². The number of nitro groups is 1. The molecule has 1 aliphatic heterocycles. The first-order valence-electron chi connectivity index (χ1n) is 12.4. The van der Waals surface area contributed by atoms with E-state index in [4.69, 9.17) is 12.2 Å². The molecule has 1 N–H and O–H groups in total. The largest absolute Gasteiger partial charge is 0.351 e. The van der Waals surface area contributed by atoms with Gasteiger partial charge in [-0.3, -0.25) is 15.1 Å². The highest BCUT2D eigenvalue weighted by Gasteiger charge is 2.42. The third kappa shape index (κ3) is 5.25. The van der Waals surface area contributed by atoms with Crippen LogP contribution in [0.3, 0.4) is 0 Å². The maximum atomic E-state index is 11.0. The minimum absolute atomic E-state index is 0.0798. The Morgan fingerprint density at radius 2 is 1.55 bits per heavy atom. The van der Waals surface area contributed by atoms with Gasteiger partial charge in [0.1, 0.15) is 6.04 Å². The van der Waals surface area contributed by atoms with Crippen LogP contribution in [0.15, 0.2) is 130 Å². The fourth-order valence-corrected chi connectivity index (χ4v) is 6.28. The average Bonchev–Trinajstić information content (AvgIpc) is 3.59. The lowest BCUT2D eigenvalue weighted by Crippen LogP contribution is -2.30. The van der Waals surface area contributed by atoms with Gasteiger partial charge in [0.2, 0.25) is 0 Å². The second-order valence-electron chi connectivity index (χ2n) is 9.12. The van der Waals surface area contributed by atoms with Crippen LogP contribution in [0.4, 0.5) is 11.4 Å². The van der Waals surface area contributed by atoms with E-state index in [9.17, 15) is 10.1 Å². The van der Waals surface area contributed by atoms with Crippen molar-refractivity contribution in [2.75, 3.05) is 4.90 Å². The minimum Gasteiger partial charge on any atom is -0.351 e. The van der Waals surface area contributed by atoms with Gasteiger partial charge in [0, 0.05) is 55.9 Å². The third-order valence-corrected chi connectivity index (χ3v) is 8.54. The van der Waals surface area contributed by atoms with Crippen molar-refractivity contribution in [1.29, 1.82) is 0 Å². The molecule has 1 saturated heterocycles. The summed E-state index contributed by atoms with van der Waals surface area (Å²) in [5, 5.41) is 15.1. The van der Waals surface area contributed by atoms with E-state index in [1.807, 2.05) is 42.5 Å². The molecular weight excluding hydrogens is 606 g/mol. The average molecular weight is 629 g/mol. The van der Waals surface area contributed by atoms with Gasteiger partial charge in [-0.15, -0.1) is 0 Å². The molecule has 0 radical (unpaired) electrons. The number of nitrogens with one attached hydrogen (secondary N) is 1. The highest BCUT2D eigenvalue weighted by Crippen LogP contribution is 2.43. The number of benzene rings is 3. The van der Waals surface area contributed by atoms with Crippen LogP contribution < -0.4 is 10.2 Å². The van der Waals surface area contributed by atoms with Gasteiger partial charge in [-0.1, -0.05) is 33.8 Å². The van der Waals surface area contributed by atoms with Crippen LogP contribution in [0, 0.1) is 10.1 Å². The zero-order valence-corrected chi connectivity index (χ0v) is 24.1. The van der Waals surface area contributed by atoms with Crippen molar-refractivity contribution in [3.05, 3.63) is 141 Å². The normalized spacial score (nSPS) is 16.6. The number of thiocarbonyl (C=S) groups is 1. The molecule has 10 heteroatoms. The maximum Gasteiger partial charge on any atom is 0.269 e. The van der Waals surface area contributed by atoms with Crippen LogP contribution in [0.25, 0.3) is 5.69 Å². The number of halogens is 1. The number of aromatic nitrogens is 2. The molecule has 40 heavy (non-hydrogen) atoms. The fourth-order valence-electron chi connectivity index (χ4n) is 4.85. The summed E-state index contributed by atoms with van der Waals surface area (Å²) in [6, 6.07) is 32.8. The molecule has 0 bridgehead atoms. The lowest BCUT2D eigenvalue weighted by Gasteiger charge is -2.29. The Balaban J connectivity index is 1.35. The summed E-state index contributed by atoms with van der Waals surface area (Å²) in [6.45, 7) is 0. The number of pyridine rings is 1. The van der Waals surface area contributed by atoms with Crippen LogP contribution >= 0.6 is 39.9 Å². The van der Waals surface area contributed by atoms with E-state index >= 15 is 0 Å². The predicted molar refractivity (Wildman–Crippen MR) is 165 cm³/mol. The topological polar surface area (TPSA) is 76.2 Å². The monoisotopic (exact) mass is 627 g/mol. The molecule has 5 aromatic rings. The van der Waals surface area contributed by atoms with Crippen molar-refractivity contribution < 1.29 is 4.92 Å². The van der Waals surface area contributed by atoms with Gasteiger partial charge in [0.15, 0.2) is 5.11 Å². The molecule has 1 aliphatic rings. The molecule has 0 unspecified atom stereocenters. The van der Waals surface area contributed by atoms with Crippen molar-refractivity contribution in [2.45, 2.75) is 21.9 Å². The van der Waals surface area contributed by atoms with Gasteiger partial charge < -0.3 is 14.8 Å². The van der Waals surface area contributed by atoms with E-state index in [1.165, 1.54) is 12.1 Å². The molecule has 2 aromatic heterocycles. The Hall–Kier alpha value is -3.99. The van der Waals surface area contributed by atoms with Gasteiger partial charge >= 0.3 is 0 Å². The summed E-state index contributed by atoms with van der Waals surface area (Å²) >= 11 is 11.0. The number of nitrogens with zero attached hydrogens (tertiary/aromatic N) is 4. The molecule has 198 valence electrons. The molecule has 3 aromatic carbocycles. The van der Waals surface area contributed by atoms with Crippen molar-refractivity contribution in [3.63, 3.8) is 0 Å². The second-order valence-corrected chi connectivity index (χ2v) is 11.6. The molecule has 0 spiro atoms. The fraction of sp³-hybridized carbons (Fsp3) is 0.0667. The van der Waals surface area contributed by atoms with Gasteiger partial charge in [-0.05, 0) is 97.1 Å². The first kappa shape index (κ1) is 26.2. The van der Waals surface area contributed by atoms with E-state index in [0.29, 0.717) is 5.11 Å². The number of hydrogen-bond acceptors (Lipinski definition) is 5. The van der Waals surface area contributed by atoms with Crippen molar-refractivity contribution in [3.8, 4) is 5.69 Å². The number of nitro benzene ring substituents is 1. The van der Waals surface area contributed by atoms with Crippen LogP contribution in [0.2, 0.25) is 0 Å². The molecule has 7 nitrogen and oxygen atoms in total. The zero-order chi connectivity index (χ0) is 27.6. The quantitative estimate of drug-likeness (QED) is 0.112. The molecule has 0 saturated carbocycles. The van der Waals surface area contributed by atoms with E-state index < -0.39 is 4.92 Å². The Morgan fingerprint density at radius 3 is 2.20 bits per heavy atom.